The van der Waals surface area contributed by atoms with Crippen molar-refractivity contribution in [2.75, 3.05) is 0 Å². The summed E-state index contributed by atoms with van der Waals surface area (Å²) in [6.45, 7) is 8.14. The average molecular weight is 203 g/mol. The van der Waals surface area contributed by atoms with Gasteiger partial charge in [0.05, 0.1) is 24.1 Å². The Bertz CT molecular complexity index is 426. The molecule has 0 aliphatic carbocycles. The minimum Gasteiger partial charge on any atom is -0.329 e. The van der Waals surface area contributed by atoms with Gasteiger partial charge in [-0.3, -0.25) is 9.78 Å². The second-order valence-electron chi connectivity index (χ2n) is 3.82. The molecule has 1 aliphatic rings. The van der Waals surface area contributed by atoms with Gasteiger partial charge in [0, 0.05) is 6.04 Å². The maximum Gasteiger partial charge on any atom is 0.275 e. The lowest BCUT2D eigenvalue weighted by Crippen LogP contribution is -2.31. The molecule has 4 nitrogen and oxygen atoms in total. The van der Waals surface area contributed by atoms with E-state index >= 15 is 0 Å². The second-order valence-corrected chi connectivity index (χ2v) is 3.82. The van der Waals surface area contributed by atoms with E-state index in [9.17, 15) is 4.79 Å². The molecular formula is C11H13N3O. The van der Waals surface area contributed by atoms with E-state index in [1.807, 2.05) is 13.8 Å². The topological polar surface area (TPSA) is 46.1 Å². The first-order valence-electron chi connectivity index (χ1n) is 4.93. The first-order valence-corrected chi connectivity index (χ1v) is 4.93. The van der Waals surface area contributed by atoms with Gasteiger partial charge in [0.2, 0.25) is 0 Å². The van der Waals surface area contributed by atoms with Crippen LogP contribution in [0.25, 0.3) is 6.08 Å². The van der Waals surface area contributed by atoms with Gasteiger partial charge in [0.25, 0.3) is 5.91 Å². The Hall–Kier alpha value is -1.71. The van der Waals surface area contributed by atoms with Crippen molar-refractivity contribution in [1.82, 2.24) is 14.9 Å². The highest BCUT2D eigenvalue weighted by Crippen LogP contribution is 2.21. The van der Waals surface area contributed by atoms with Gasteiger partial charge in [-0.05, 0) is 19.9 Å². The van der Waals surface area contributed by atoms with Crippen molar-refractivity contribution in [2.24, 2.45) is 0 Å². The van der Waals surface area contributed by atoms with Crippen molar-refractivity contribution in [3.05, 3.63) is 29.9 Å². The molecule has 0 spiro atoms. The number of carbonyl (C=O) groups excluding carboxylic acids is 1. The highest BCUT2D eigenvalue weighted by atomic mass is 16.2. The van der Waals surface area contributed by atoms with E-state index in [-0.39, 0.29) is 11.9 Å². The molecule has 0 fully saturated rings. The molecule has 15 heavy (non-hydrogen) atoms. The fourth-order valence-electron chi connectivity index (χ4n) is 1.60. The highest BCUT2D eigenvalue weighted by Gasteiger charge is 2.31. The van der Waals surface area contributed by atoms with E-state index in [1.54, 1.807) is 17.2 Å². The average Bonchev–Trinajstić information content (AvgIpc) is 2.56. The van der Waals surface area contributed by atoms with Gasteiger partial charge in [0.1, 0.15) is 0 Å². The Labute approximate surface area is 88.7 Å². The number of rotatable bonds is 2. The molecule has 2 heterocycles. The molecule has 1 amide bonds. The van der Waals surface area contributed by atoms with Crippen LogP contribution in [0.1, 0.15) is 35.7 Å². The van der Waals surface area contributed by atoms with Crippen LogP contribution in [0, 0.1) is 0 Å². The van der Waals surface area contributed by atoms with Crippen LogP contribution in [0.5, 0.6) is 0 Å². The summed E-state index contributed by atoms with van der Waals surface area (Å²) in [4.78, 5) is 22.1. The van der Waals surface area contributed by atoms with E-state index in [2.05, 4.69) is 16.5 Å². The van der Waals surface area contributed by atoms with Crippen molar-refractivity contribution >= 4 is 12.0 Å². The smallest absolute Gasteiger partial charge is 0.275 e. The summed E-state index contributed by atoms with van der Waals surface area (Å²) < 4.78 is 0. The molecule has 0 N–H and O–H groups in total. The fourth-order valence-corrected chi connectivity index (χ4v) is 1.60. The van der Waals surface area contributed by atoms with Crippen LogP contribution in [0.15, 0.2) is 12.8 Å². The van der Waals surface area contributed by atoms with Crippen LogP contribution in [0.3, 0.4) is 0 Å². The van der Waals surface area contributed by atoms with E-state index < -0.39 is 0 Å². The highest BCUT2D eigenvalue weighted by molar-refractivity contribution is 5.96. The van der Waals surface area contributed by atoms with E-state index in [0.29, 0.717) is 17.9 Å². The molecule has 2 rings (SSSR count). The third-order valence-electron chi connectivity index (χ3n) is 2.48. The maximum absolute atomic E-state index is 11.9. The Morgan fingerprint density at radius 1 is 1.60 bits per heavy atom. The monoisotopic (exact) mass is 203 g/mol. The van der Waals surface area contributed by atoms with Crippen molar-refractivity contribution in [3.63, 3.8) is 0 Å². The predicted molar refractivity (Wildman–Crippen MR) is 57.1 cm³/mol. The Kier molecular flexibility index (Phi) is 2.26. The van der Waals surface area contributed by atoms with Crippen molar-refractivity contribution in [1.29, 1.82) is 0 Å². The second kappa shape index (κ2) is 3.46. The van der Waals surface area contributed by atoms with Crippen LogP contribution in [-0.4, -0.2) is 26.8 Å². The summed E-state index contributed by atoms with van der Waals surface area (Å²) >= 11 is 0. The SMILES string of the molecule is C=Cc1cnc2c(n1)C(=O)N(C(C)C)C2. The molecule has 1 aromatic heterocycles. The fraction of sp³-hybridized carbons (Fsp3) is 0.364. The summed E-state index contributed by atoms with van der Waals surface area (Å²) in [6, 6.07) is 0.181. The van der Waals surface area contributed by atoms with Gasteiger partial charge in [-0.15, -0.1) is 0 Å². The summed E-state index contributed by atoms with van der Waals surface area (Å²) in [6.07, 6.45) is 3.24. The first kappa shape index (κ1) is 9.83. The number of fused-ring (bicyclic) bond motifs is 1. The van der Waals surface area contributed by atoms with E-state index in [1.165, 1.54) is 0 Å². The Morgan fingerprint density at radius 3 is 2.93 bits per heavy atom. The lowest BCUT2D eigenvalue weighted by Gasteiger charge is -2.19. The summed E-state index contributed by atoms with van der Waals surface area (Å²) in [7, 11) is 0. The molecular weight excluding hydrogens is 190 g/mol. The first-order chi connectivity index (χ1) is 7.13. The van der Waals surface area contributed by atoms with Crippen LogP contribution in [0.2, 0.25) is 0 Å². The molecule has 0 unspecified atom stereocenters. The van der Waals surface area contributed by atoms with Crippen LogP contribution in [0.4, 0.5) is 0 Å². The minimum atomic E-state index is -0.0313. The van der Waals surface area contributed by atoms with Gasteiger partial charge in [-0.2, -0.15) is 0 Å². The molecule has 4 heteroatoms. The molecule has 0 atom stereocenters. The standard InChI is InChI=1S/C11H13N3O/c1-4-8-5-12-9-6-14(7(2)3)11(15)10(9)13-8/h4-5,7H,1,6H2,2-3H3. The summed E-state index contributed by atoms with van der Waals surface area (Å²) in [5.41, 5.74) is 1.88. The van der Waals surface area contributed by atoms with Crippen molar-refractivity contribution in [2.45, 2.75) is 26.4 Å². The van der Waals surface area contributed by atoms with E-state index in [0.717, 1.165) is 5.69 Å². The van der Waals surface area contributed by atoms with Gasteiger partial charge < -0.3 is 4.90 Å². The molecule has 0 aromatic carbocycles. The van der Waals surface area contributed by atoms with Gasteiger partial charge >= 0.3 is 0 Å². The number of hydrogen-bond acceptors (Lipinski definition) is 3. The van der Waals surface area contributed by atoms with Crippen molar-refractivity contribution < 1.29 is 4.79 Å². The molecule has 0 saturated heterocycles. The molecule has 0 radical (unpaired) electrons. The normalized spacial score (nSPS) is 14.6. The van der Waals surface area contributed by atoms with Gasteiger partial charge in [-0.1, -0.05) is 6.58 Å². The minimum absolute atomic E-state index is 0.0313. The summed E-state index contributed by atoms with van der Waals surface area (Å²) in [5, 5.41) is 0. The van der Waals surface area contributed by atoms with Crippen LogP contribution in [-0.2, 0) is 6.54 Å². The van der Waals surface area contributed by atoms with Gasteiger partial charge in [0.15, 0.2) is 5.69 Å². The molecule has 78 valence electrons. The third kappa shape index (κ3) is 1.52. The predicted octanol–water partition coefficient (Wildman–Crippen LogP) is 1.48. The molecule has 0 bridgehead atoms. The lowest BCUT2D eigenvalue weighted by atomic mass is 10.3. The zero-order valence-corrected chi connectivity index (χ0v) is 8.90. The molecule has 1 aliphatic heterocycles. The van der Waals surface area contributed by atoms with E-state index in [4.69, 9.17) is 0 Å². The third-order valence-corrected chi connectivity index (χ3v) is 2.48. The molecule has 1 aromatic rings. The molecule has 0 saturated carbocycles. The number of hydrogen-bond donors (Lipinski definition) is 0. The summed E-state index contributed by atoms with van der Waals surface area (Å²) in [5.74, 6) is -0.0313. The number of nitrogens with zero attached hydrogens (tertiary/aromatic N) is 3. The number of carbonyl (C=O) groups is 1. The Morgan fingerprint density at radius 2 is 2.33 bits per heavy atom. The maximum atomic E-state index is 11.9. The van der Waals surface area contributed by atoms with Crippen molar-refractivity contribution in [3.8, 4) is 0 Å². The number of amides is 1. The zero-order chi connectivity index (χ0) is 11.0. The van der Waals surface area contributed by atoms with Crippen LogP contribution < -0.4 is 0 Å². The Balaban J connectivity index is 2.42. The largest absolute Gasteiger partial charge is 0.329 e. The van der Waals surface area contributed by atoms with Crippen LogP contribution >= 0.6 is 0 Å². The zero-order valence-electron chi connectivity index (χ0n) is 8.90. The van der Waals surface area contributed by atoms with Gasteiger partial charge in [-0.25, -0.2) is 4.98 Å². The lowest BCUT2D eigenvalue weighted by molar-refractivity contribution is 0.0726. The quantitative estimate of drug-likeness (QED) is 0.731. The number of aromatic nitrogens is 2.